The Hall–Kier alpha value is -0.570. The quantitative estimate of drug-likeness (QED) is 0.632. The van der Waals surface area contributed by atoms with Gasteiger partial charge in [0.05, 0.1) is 20.1 Å². The molecule has 0 aromatic heterocycles. The van der Waals surface area contributed by atoms with Crippen LogP contribution in [0.5, 0.6) is 0 Å². The summed E-state index contributed by atoms with van der Waals surface area (Å²) in [5.74, 6) is -0.995. The standard InChI is InChI=1S/C7H17N.C3H6O2/c1-4-6-8(3)7-5-2;1-2-3(4)5/h4-7H2,1-3H3;2H2,1H3,(H,4,5). The van der Waals surface area contributed by atoms with Gasteiger partial charge in [0.2, 0.25) is 0 Å². The van der Waals surface area contributed by atoms with Gasteiger partial charge in [0, 0.05) is 5.97 Å². The second-order valence-corrected chi connectivity index (χ2v) is 3.18. The third-order valence-corrected chi connectivity index (χ3v) is 1.64. The fraction of sp³-hybridized carbons (Fsp3) is 0.900. The van der Waals surface area contributed by atoms with Crippen molar-refractivity contribution in [1.82, 2.24) is 0 Å². The number of carboxylic acids is 1. The highest BCUT2D eigenvalue weighted by Crippen LogP contribution is 1.65. The van der Waals surface area contributed by atoms with E-state index < -0.39 is 5.97 Å². The second-order valence-electron chi connectivity index (χ2n) is 3.18. The second kappa shape index (κ2) is 11.4. The van der Waals surface area contributed by atoms with Crippen molar-refractivity contribution < 1.29 is 14.8 Å². The van der Waals surface area contributed by atoms with Crippen LogP contribution in [0.3, 0.4) is 0 Å². The zero-order chi connectivity index (χ0) is 10.7. The van der Waals surface area contributed by atoms with Crippen LogP contribution < -0.4 is 10.0 Å². The molecule has 0 aliphatic rings. The molecule has 0 radical (unpaired) electrons. The van der Waals surface area contributed by atoms with E-state index in [1.54, 1.807) is 4.90 Å². The molecule has 0 aromatic carbocycles. The number of carboxylic acid groups (broad SMARTS) is 1. The summed E-state index contributed by atoms with van der Waals surface area (Å²) in [4.78, 5) is 10.9. The lowest BCUT2D eigenvalue weighted by Gasteiger charge is -2.09. The van der Waals surface area contributed by atoms with Gasteiger partial charge in [0.25, 0.3) is 0 Å². The average molecular weight is 189 g/mol. The minimum Gasteiger partial charge on any atom is -0.550 e. The van der Waals surface area contributed by atoms with E-state index in [2.05, 4.69) is 20.9 Å². The zero-order valence-electron chi connectivity index (χ0n) is 9.35. The Labute approximate surface area is 81.7 Å². The molecule has 0 saturated carbocycles. The molecular formula is C10H23NO2. The first-order chi connectivity index (χ1) is 6.08. The van der Waals surface area contributed by atoms with Gasteiger partial charge in [-0.1, -0.05) is 20.8 Å². The van der Waals surface area contributed by atoms with Crippen molar-refractivity contribution in [3.05, 3.63) is 0 Å². The molecule has 0 heterocycles. The van der Waals surface area contributed by atoms with Gasteiger partial charge in [-0.15, -0.1) is 0 Å². The Kier molecular flexibility index (Phi) is 13.1. The third-order valence-electron chi connectivity index (χ3n) is 1.64. The molecule has 0 spiro atoms. The number of carbonyl (C=O) groups excluding carboxylic acids is 1. The van der Waals surface area contributed by atoms with Crippen molar-refractivity contribution in [1.29, 1.82) is 0 Å². The van der Waals surface area contributed by atoms with E-state index in [9.17, 15) is 9.90 Å². The van der Waals surface area contributed by atoms with Crippen molar-refractivity contribution in [2.45, 2.75) is 40.0 Å². The number of rotatable bonds is 5. The van der Waals surface area contributed by atoms with E-state index in [0.29, 0.717) is 0 Å². The maximum Gasteiger partial charge on any atom is 0.0766 e. The summed E-state index contributed by atoms with van der Waals surface area (Å²) in [6, 6.07) is 0. The van der Waals surface area contributed by atoms with E-state index in [1.807, 2.05) is 0 Å². The van der Waals surface area contributed by atoms with Crippen LogP contribution in [0.15, 0.2) is 0 Å². The predicted octanol–water partition coefficient (Wildman–Crippen LogP) is -0.533. The molecule has 0 saturated heterocycles. The minimum atomic E-state index is -0.995. The van der Waals surface area contributed by atoms with Gasteiger partial charge in [0.15, 0.2) is 0 Å². The van der Waals surface area contributed by atoms with Gasteiger partial charge in [0.1, 0.15) is 0 Å². The molecule has 0 aliphatic carbocycles. The van der Waals surface area contributed by atoms with E-state index >= 15 is 0 Å². The average Bonchev–Trinajstić information content (AvgIpc) is 2.06. The normalized spacial score (nSPS) is 9.31. The monoisotopic (exact) mass is 189 g/mol. The van der Waals surface area contributed by atoms with Crippen LogP contribution in [-0.2, 0) is 4.79 Å². The lowest BCUT2D eigenvalue weighted by atomic mass is 10.4. The van der Waals surface area contributed by atoms with Crippen molar-refractivity contribution in [2.24, 2.45) is 0 Å². The summed E-state index contributed by atoms with van der Waals surface area (Å²) in [7, 11) is 2.26. The molecule has 0 amide bonds. The molecular weight excluding hydrogens is 166 g/mol. The van der Waals surface area contributed by atoms with Gasteiger partial charge in [-0.3, -0.25) is 0 Å². The van der Waals surface area contributed by atoms with Gasteiger partial charge in [-0.05, 0) is 19.3 Å². The molecule has 80 valence electrons. The SMILES string of the molecule is CCC(=O)[O-].CCC[NH+](C)CCC. The molecule has 0 rings (SSSR count). The molecule has 3 heteroatoms. The highest BCUT2D eigenvalue weighted by atomic mass is 16.4. The first-order valence-electron chi connectivity index (χ1n) is 5.09. The molecule has 0 aliphatic heterocycles. The van der Waals surface area contributed by atoms with Crippen LogP contribution >= 0.6 is 0 Å². The number of hydrogen-bond acceptors (Lipinski definition) is 2. The van der Waals surface area contributed by atoms with Crippen LogP contribution in [0.1, 0.15) is 40.0 Å². The lowest BCUT2D eigenvalue weighted by Crippen LogP contribution is -3.08. The van der Waals surface area contributed by atoms with Crippen LogP contribution in [0, 0.1) is 0 Å². The van der Waals surface area contributed by atoms with Crippen LogP contribution in [0.25, 0.3) is 0 Å². The number of nitrogens with one attached hydrogen (secondary N) is 1. The van der Waals surface area contributed by atoms with Gasteiger partial charge in [-0.25, -0.2) is 0 Å². The molecule has 0 atom stereocenters. The highest BCUT2D eigenvalue weighted by molar-refractivity contribution is 5.63. The van der Waals surface area contributed by atoms with Crippen molar-refractivity contribution in [3.8, 4) is 0 Å². The summed E-state index contributed by atoms with van der Waals surface area (Å²) in [5, 5.41) is 9.26. The number of quaternary nitrogens is 1. The Morgan fingerprint density at radius 2 is 1.46 bits per heavy atom. The summed E-state index contributed by atoms with van der Waals surface area (Å²) in [6.07, 6.45) is 2.73. The summed E-state index contributed by atoms with van der Waals surface area (Å²) in [5.41, 5.74) is 0. The topological polar surface area (TPSA) is 44.6 Å². The third kappa shape index (κ3) is 18.4. The highest BCUT2D eigenvalue weighted by Gasteiger charge is 1.93. The zero-order valence-corrected chi connectivity index (χ0v) is 9.35. The first kappa shape index (κ1) is 14.9. The summed E-state index contributed by atoms with van der Waals surface area (Å²) < 4.78 is 0. The smallest absolute Gasteiger partial charge is 0.0766 e. The molecule has 0 fully saturated rings. The van der Waals surface area contributed by atoms with Crippen LogP contribution in [-0.4, -0.2) is 26.1 Å². The maximum atomic E-state index is 9.26. The molecule has 0 aromatic rings. The number of hydrogen-bond donors (Lipinski definition) is 1. The molecule has 0 unspecified atom stereocenters. The Bertz CT molecular complexity index is 109. The molecule has 0 bridgehead atoms. The van der Waals surface area contributed by atoms with E-state index in [-0.39, 0.29) is 6.42 Å². The van der Waals surface area contributed by atoms with Crippen LogP contribution in [0.2, 0.25) is 0 Å². The van der Waals surface area contributed by atoms with Gasteiger partial charge >= 0.3 is 0 Å². The van der Waals surface area contributed by atoms with Gasteiger partial charge < -0.3 is 14.8 Å². The first-order valence-corrected chi connectivity index (χ1v) is 5.09. The van der Waals surface area contributed by atoms with Crippen molar-refractivity contribution >= 4 is 5.97 Å². The fourth-order valence-electron chi connectivity index (χ4n) is 0.979. The van der Waals surface area contributed by atoms with Gasteiger partial charge in [-0.2, -0.15) is 0 Å². The predicted molar refractivity (Wildman–Crippen MR) is 52.5 cm³/mol. The molecule has 1 N–H and O–H groups in total. The summed E-state index contributed by atoms with van der Waals surface area (Å²) in [6.45, 7) is 8.66. The molecule has 3 nitrogen and oxygen atoms in total. The Morgan fingerprint density at radius 1 is 1.15 bits per heavy atom. The number of aliphatic carboxylic acids is 1. The van der Waals surface area contributed by atoms with E-state index in [0.717, 1.165) is 0 Å². The van der Waals surface area contributed by atoms with E-state index in [4.69, 9.17) is 0 Å². The Morgan fingerprint density at radius 3 is 1.62 bits per heavy atom. The largest absolute Gasteiger partial charge is 0.550 e. The van der Waals surface area contributed by atoms with Crippen molar-refractivity contribution in [2.75, 3.05) is 20.1 Å². The molecule has 13 heavy (non-hydrogen) atoms. The minimum absolute atomic E-state index is 0.111. The van der Waals surface area contributed by atoms with Crippen molar-refractivity contribution in [3.63, 3.8) is 0 Å². The number of carbonyl (C=O) groups is 1. The Balaban J connectivity index is 0. The lowest BCUT2D eigenvalue weighted by molar-refractivity contribution is -0.879. The van der Waals surface area contributed by atoms with Crippen LogP contribution in [0.4, 0.5) is 0 Å². The maximum absolute atomic E-state index is 9.26. The summed E-state index contributed by atoms with van der Waals surface area (Å²) >= 11 is 0. The van der Waals surface area contributed by atoms with E-state index in [1.165, 1.54) is 32.9 Å². The fourth-order valence-corrected chi connectivity index (χ4v) is 0.979.